The highest BCUT2D eigenvalue weighted by Crippen LogP contribution is 2.39. The van der Waals surface area contributed by atoms with Gasteiger partial charge in [-0.3, -0.25) is 4.90 Å². The maximum atomic E-state index is 9.87. The van der Waals surface area contributed by atoms with Gasteiger partial charge in [0.25, 0.3) is 0 Å². The molecule has 1 aromatic heterocycles. The van der Waals surface area contributed by atoms with Crippen molar-refractivity contribution in [2.45, 2.75) is 31.9 Å². The zero-order valence-electron chi connectivity index (χ0n) is 14.4. The highest BCUT2D eigenvalue weighted by Gasteiger charge is 2.44. The van der Waals surface area contributed by atoms with Crippen molar-refractivity contribution in [2.24, 2.45) is 0 Å². The standard InChI is InChI=1S/C19H23N3O3/c1-2-25-17-7-14(3-4-16(17)23)9-22-6-5-19(11-22)12-24-10-15-8-20-13-21-18(15)19/h3-4,7-8,13,23H,2,5-6,9-12H2,1H3/t19-/m0/s1. The van der Waals surface area contributed by atoms with Gasteiger partial charge in [-0.1, -0.05) is 6.07 Å². The van der Waals surface area contributed by atoms with Crippen LogP contribution >= 0.6 is 0 Å². The first-order valence-electron chi connectivity index (χ1n) is 8.74. The van der Waals surface area contributed by atoms with Crippen molar-refractivity contribution in [1.29, 1.82) is 0 Å². The third kappa shape index (κ3) is 3.07. The molecule has 0 unspecified atom stereocenters. The van der Waals surface area contributed by atoms with Crippen LogP contribution in [0.3, 0.4) is 0 Å². The first kappa shape index (κ1) is 16.3. The Kier molecular flexibility index (Phi) is 4.31. The number of aromatic nitrogens is 2. The van der Waals surface area contributed by atoms with Crippen molar-refractivity contribution >= 4 is 0 Å². The van der Waals surface area contributed by atoms with Crippen molar-refractivity contribution in [2.75, 3.05) is 26.3 Å². The van der Waals surface area contributed by atoms with Crippen LogP contribution in [0.25, 0.3) is 0 Å². The SMILES string of the molecule is CCOc1cc(CN2CC[C@@]3(COCc4cncnc43)C2)ccc1O. The predicted octanol–water partition coefficient (Wildman–Crippen LogP) is 2.25. The number of rotatable bonds is 4. The van der Waals surface area contributed by atoms with Crippen LogP contribution < -0.4 is 4.74 Å². The van der Waals surface area contributed by atoms with E-state index < -0.39 is 0 Å². The molecule has 3 heterocycles. The fourth-order valence-electron chi connectivity index (χ4n) is 3.96. The average Bonchev–Trinajstić information content (AvgIpc) is 3.02. The fraction of sp³-hybridized carbons (Fsp3) is 0.474. The van der Waals surface area contributed by atoms with E-state index in [0.29, 0.717) is 25.6 Å². The minimum Gasteiger partial charge on any atom is -0.504 e. The van der Waals surface area contributed by atoms with E-state index in [1.807, 2.05) is 25.3 Å². The second-order valence-electron chi connectivity index (χ2n) is 6.87. The van der Waals surface area contributed by atoms with Crippen molar-refractivity contribution in [3.8, 4) is 11.5 Å². The summed E-state index contributed by atoms with van der Waals surface area (Å²) >= 11 is 0. The van der Waals surface area contributed by atoms with Crippen LogP contribution in [0.5, 0.6) is 11.5 Å². The Balaban J connectivity index is 1.51. The van der Waals surface area contributed by atoms with E-state index in [0.717, 1.165) is 42.9 Å². The van der Waals surface area contributed by atoms with Crippen LogP contribution in [0, 0.1) is 0 Å². The van der Waals surface area contributed by atoms with E-state index in [2.05, 4.69) is 14.9 Å². The van der Waals surface area contributed by atoms with E-state index in [4.69, 9.17) is 9.47 Å². The summed E-state index contributed by atoms with van der Waals surface area (Å²) in [5.74, 6) is 0.739. The number of likely N-dealkylation sites (tertiary alicyclic amines) is 1. The van der Waals surface area contributed by atoms with Gasteiger partial charge in [0.15, 0.2) is 11.5 Å². The molecule has 2 aliphatic heterocycles. The number of ether oxygens (including phenoxy) is 2. The molecule has 6 nitrogen and oxygen atoms in total. The highest BCUT2D eigenvalue weighted by atomic mass is 16.5. The Hall–Kier alpha value is -2.18. The fourth-order valence-corrected chi connectivity index (χ4v) is 3.96. The summed E-state index contributed by atoms with van der Waals surface area (Å²) in [6, 6.07) is 5.59. The summed E-state index contributed by atoms with van der Waals surface area (Å²) in [5.41, 5.74) is 3.37. The lowest BCUT2D eigenvalue weighted by Gasteiger charge is -2.34. The second kappa shape index (κ2) is 6.61. The smallest absolute Gasteiger partial charge is 0.161 e. The van der Waals surface area contributed by atoms with Gasteiger partial charge in [0.2, 0.25) is 0 Å². The molecule has 1 saturated heterocycles. The second-order valence-corrected chi connectivity index (χ2v) is 6.87. The van der Waals surface area contributed by atoms with Crippen LogP contribution in [-0.4, -0.2) is 46.3 Å². The molecule has 1 spiro atoms. The summed E-state index contributed by atoms with van der Waals surface area (Å²) in [6.07, 6.45) is 4.55. The maximum absolute atomic E-state index is 9.87. The number of phenols is 1. The third-order valence-electron chi connectivity index (χ3n) is 5.09. The number of phenolic OH excluding ortho intramolecular Hbond substituents is 1. The molecule has 1 atom stereocenters. The lowest BCUT2D eigenvalue weighted by atomic mass is 9.81. The number of hydrogen-bond donors (Lipinski definition) is 1. The summed E-state index contributed by atoms with van der Waals surface area (Å²) in [6.45, 7) is 6.51. The van der Waals surface area contributed by atoms with Gasteiger partial charge in [-0.05, 0) is 37.6 Å². The number of benzene rings is 1. The topological polar surface area (TPSA) is 67.7 Å². The van der Waals surface area contributed by atoms with Crippen LogP contribution in [0.15, 0.2) is 30.7 Å². The number of aromatic hydroxyl groups is 1. The lowest BCUT2D eigenvalue weighted by molar-refractivity contribution is 0.0502. The molecular weight excluding hydrogens is 318 g/mol. The van der Waals surface area contributed by atoms with Crippen LogP contribution in [0.1, 0.15) is 30.2 Å². The Labute approximate surface area is 147 Å². The maximum Gasteiger partial charge on any atom is 0.161 e. The van der Waals surface area contributed by atoms with Crippen molar-refractivity contribution in [3.05, 3.63) is 47.5 Å². The molecule has 1 fully saturated rings. The number of fused-ring (bicyclic) bond motifs is 2. The molecule has 132 valence electrons. The summed E-state index contributed by atoms with van der Waals surface area (Å²) in [7, 11) is 0. The zero-order chi connectivity index (χ0) is 17.3. The molecule has 0 radical (unpaired) electrons. The van der Waals surface area contributed by atoms with E-state index in [1.165, 1.54) is 0 Å². The lowest BCUT2D eigenvalue weighted by Crippen LogP contribution is -2.40. The molecular formula is C19H23N3O3. The largest absolute Gasteiger partial charge is 0.504 e. The van der Waals surface area contributed by atoms with Gasteiger partial charge in [0.1, 0.15) is 6.33 Å². The molecule has 6 heteroatoms. The molecule has 0 bridgehead atoms. The van der Waals surface area contributed by atoms with Gasteiger partial charge in [0.05, 0.1) is 30.9 Å². The van der Waals surface area contributed by atoms with E-state index in [9.17, 15) is 5.11 Å². The Bertz CT molecular complexity index is 767. The van der Waals surface area contributed by atoms with Gasteiger partial charge in [-0.2, -0.15) is 0 Å². The average molecular weight is 341 g/mol. The first-order valence-corrected chi connectivity index (χ1v) is 8.74. The Morgan fingerprint density at radius 2 is 2.32 bits per heavy atom. The highest BCUT2D eigenvalue weighted by molar-refractivity contribution is 5.42. The molecule has 0 saturated carbocycles. The minimum absolute atomic E-state index is 0.0316. The molecule has 1 N–H and O–H groups in total. The summed E-state index contributed by atoms with van der Waals surface area (Å²) in [5, 5.41) is 9.87. The van der Waals surface area contributed by atoms with E-state index in [-0.39, 0.29) is 11.2 Å². The van der Waals surface area contributed by atoms with Gasteiger partial charge >= 0.3 is 0 Å². The summed E-state index contributed by atoms with van der Waals surface area (Å²) < 4.78 is 11.3. The van der Waals surface area contributed by atoms with Crippen molar-refractivity contribution < 1.29 is 14.6 Å². The van der Waals surface area contributed by atoms with Gasteiger partial charge < -0.3 is 14.6 Å². The minimum atomic E-state index is -0.0316. The third-order valence-corrected chi connectivity index (χ3v) is 5.09. The Morgan fingerprint density at radius 1 is 1.40 bits per heavy atom. The van der Waals surface area contributed by atoms with E-state index in [1.54, 1.807) is 12.4 Å². The van der Waals surface area contributed by atoms with Gasteiger partial charge in [-0.25, -0.2) is 9.97 Å². The van der Waals surface area contributed by atoms with Crippen LogP contribution in [0.4, 0.5) is 0 Å². The van der Waals surface area contributed by atoms with E-state index >= 15 is 0 Å². The quantitative estimate of drug-likeness (QED) is 0.920. The molecule has 0 aliphatic carbocycles. The van der Waals surface area contributed by atoms with Crippen LogP contribution in [-0.2, 0) is 23.3 Å². The monoisotopic (exact) mass is 341 g/mol. The Morgan fingerprint density at radius 3 is 3.20 bits per heavy atom. The predicted molar refractivity (Wildman–Crippen MR) is 92.5 cm³/mol. The molecule has 4 rings (SSSR count). The molecule has 1 aromatic carbocycles. The van der Waals surface area contributed by atoms with Crippen LogP contribution in [0.2, 0.25) is 0 Å². The van der Waals surface area contributed by atoms with Crippen molar-refractivity contribution in [3.63, 3.8) is 0 Å². The van der Waals surface area contributed by atoms with Crippen molar-refractivity contribution in [1.82, 2.24) is 14.9 Å². The number of nitrogens with zero attached hydrogens (tertiary/aromatic N) is 3. The normalized spacial score (nSPS) is 22.9. The zero-order valence-corrected chi connectivity index (χ0v) is 14.4. The van der Waals surface area contributed by atoms with Gasteiger partial charge in [0, 0.05) is 24.8 Å². The van der Waals surface area contributed by atoms with Gasteiger partial charge in [-0.15, -0.1) is 0 Å². The molecule has 0 amide bonds. The molecule has 2 aliphatic rings. The number of hydrogen-bond acceptors (Lipinski definition) is 6. The summed E-state index contributed by atoms with van der Waals surface area (Å²) in [4.78, 5) is 11.1. The molecule has 2 aromatic rings. The first-order chi connectivity index (χ1) is 12.2. The molecule has 25 heavy (non-hydrogen) atoms.